The zero-order valence-corrected chi connectivity index (χ0v) is 11.2. The summed E-state index contributed by atoms with van der Waals surface area (Å²) in [5, 5.41) is 0. The standard InChI is InChI=1S/C17H20N2/c18-10-9-14-5-7-15(8-6-14)11-19-12-16-3-1-2-4-17(16)13-19/h1-8H,9-13,18H2. The van der Waals surface area contributed by atoms with Gasteiger partial charge in [-0.15, -0.1) is 0 Å². The van der Waals surface area contributed by atoms with Crippen LogP contribution in [0.5, 0.6) is 0 Å². The lowest BCUT2D eigenvalue weighted by molar-refractivity contribution is 0.275. The molecule has 0 aromatic heterocycles. The number of rotatable bonds is 4. The second-order valence-corrected chi connectivity index (χ2v) is 5.27. The van der Waals surface area contributed by atoms with Crippen LogP contribution in [-0.4, -0.2) is 11.4 Å². The second-order valence-electron chi connectivity index (χ2n) is 5.27. The van der Waals surface area contributed by atoms with Crippen LogP contribution in [0, 0.1) is 0 Å². The summed E-state index contributed by atoms with van der Waals surface area (Å²) in [6.07, 6.45) is 0.968. The van der Waals surface area contributed by atoms with Gasteiger partial charge in [-0.05, 0) is 35.2 Å². The Morgan fingerprint density at radius 3 is 2.00 bits per heavy atom. The van der Waals surface area contributed by atoms with E-state index in [2.05, 4.69) is 53.4 Å². The zero-order valence-electron chi connectivity index (χ0n) is 11.2. The maximum atomic E-state index is 5.57. The number of hydrogen-bond acceptors (Lipinski definition) is 2. The first-order valence-corrected chi connectivity index (χ1v) is 6.92. The molecule has 2 heteroatoms. The van der Waals surface area contributed by atoms with Gasteiger partial charge in [-0.1, -0.05) is 48.5 Å². The first-order chi connectivity index (χ1) is 9.35. The minimum absolute atomic E-state index is 0.723. The SMILES string of the molecule is NCCc1ccc(CN2Cc3ccccc3C2)cc1. The van der Waals surface area contributed by atoms with E-state index in [9.17, 15) is 0 Å². The Bertz CT molecular complexity index is 520. The van der Waals surface area contributed by atoms with E-state index < -0.39 is 0 Å². The number of benzene rings is 2. The van der Waals surface area contributed by atoms with Gasteiger partial charge in [0.15, 0.2) is 0 Å². The monoisotopic (exact) mass is 252 g/mol. The molecule has 1 heterocycles. The third-order valence-corrected chi connectivity index (χ3v) is 3.77. The van der Waals surface area contributed by atoms with Gasteiger partial charge in [-0.3, -0.25) is 4.90 Å². The Hall–Kier alpha value is -1.64. The van der Waals surface area contributed by atoms with Crippen LogP contribution in [0.25, 0.3) is 0 Å². The molecule has 0 fully saturated rings. The Labute approximate surface area is 114 Å². The molecule has 19 heavy (non-hydrogen) atoms. The fourth-order valence-electron chi connectivity index (χ4n) is 2.75. The van der Waals surface area contributed by atoms with Crippen molar-refractivity contribution in [1.82, 2.24) is 4.90 Å². The first-order valence-electron chi connectivity index (χ1n) is 6.92. The average molecular weight is 252 g/mol. The molecule has 0 radical (unpaired) electrons. The highest BCUT2D eigenvalue weighted by molar-refractivity contribution is 5.31. The summed E-state index contributed by atoms with van der Waals surface area (Å²) in [4.78, 5) is 2.49. The maximum absolute atomic E-state index is 5.57. The Kier molecular flexibility index (Phi) is 3.62. The molecule has 2 nitrogen and oxygen atoms in total. The smallest absolute Gasteiger partial charge is 0.0244 e. The maximum Gasteiger partial charge on any atom is 0.0244 e. The molecular formula is C17H20N2. The third-order valence-electron chi connectivity index (χ3n) is 3.77. The summed E-state index contributed by atoms with van der Waals surface area (Å²) in [6.45, 7) is 3.89. The third kappa shape index (κ3) is 2.86. The summed E-state index contributed by atoms with van der Waals surface area (Å²) < 4.78 is 0. The minimum Gasteiger partial charge on any atom is -0.330 e. The van der Waals surface area contributed by atoms with Crippen LogP contribution in [0.4, 0.5) is 0 Å². The molecular weight excluding hydrogens is 232 g/mol. The molecule has 0 spiro atoms. The highest BCUT2D eigenvalue weighted by Gasteiger charge is 2.17. The van der Waals surface area contributed by atoms with Crippen molar-refractivity contribution in [1.29, 1.82) is 0 Å². The molecule has 0 aliphatic carbocycles. The Balaban J connectivity index is 1.64. The quantitative estimate of drug-likeness (QED) is 0.906. The van der Waals surface area contributed by atoms with E-state index in [1.54, 1.807) is 0 Å². The van der Waals surface area contributed by atoms with Gasteiger partial charge in [0.05, 0.1) is 0 Å². The van der Waals surface area contributed by atoms with Crippen molar-refractivity contribution < 1.29 is 0 Å². The first kappa shape index (κ1) is 12.4. The lowest BCUT2D eigenvalue weighted by Gasteiger charge is -2.15. The second kappa shape index (κ2) is 5.55. The van der Waals surface area contributed by atoms with Crippen molar-refractivity contribution in [2.75, 3.05) is 6.54 Å². The average Bonchev–Trinajstić information content (AvgIpc) is 2.83. The molecule has 2 aromatic carbocycles. The van der Waals surface area contributed by atoms with Crippen LogP contribution in [0.15, 0.2) is 48.5 Å². The van der Waals surface area contributed by atoms with E-state index in [4.69, 9.17) is 5.73 Å². The van der Waals surface area contributed by atoms with Gasteiger partial charge in [0.25, 0.3) is 0 Å². The van der Waals surface area contributed by atoms with Crippen LogP contribution < -0.4 is 5.73 Å². The summed E-state index contributed by atoms with van der Waals surface area (Å²) in [6, 6.07) is 17.6. The van der Waals surface area contributed by atoms with Gasteiger partial charge in [0, 0.05) is 19.6 Å². The fourth-order valence-corrected chi connectivity index (χ4v) is 2.75. The lowest BCUT2D eigenvalue weighted by Crippen LogP contribution is -2.15. The van der Waals surface area contributed by atoms with Gasteiger partial charge < -0.3 is 5.73 Å². The molecule has 0 unspecified atom stereocenters. The van der Waals surface area contributed by atoms with E-state index in [-0.39, 0.29) is 0 Å². The lowest BCUT2D eigenvalue weighted by atomic mass is 10.1. The molecule has 1 aliphatic heterocycles. The van der Waals surface area contributed by atoms with Crippen molar-refractivity contribution in [3.05, 3.63) is 70.8 Å². The van der Waals surface area contributed by atoms with Crippen LogP contribution in [0.1, 0.15) is 22.3 Å². The summed E-state index contributed by atoms with van der Waals surface area (Å²) in [5.41, 5.74) is 11.2. The predicted molar refractivity (Wildman–Crippen MR) is 78.6 cm³/mol. The highest BCUT2D eigenvalue weighted by atomic mass is 15.1. The van der Waals surface area contributed by atoms with E-state index in [1.807, 2.05) is 0 Å². The van der Waals surface area contributed by atoms with Gasteiger partial charge in [0.1, 0.15) is 0 Å². The van der Waals surface area contributed by atoms with E-state index in [0.717, 1.165) is 32.6 Å². The summed E-state index contributed by atoms with van der Waals surface area (Å²) in [7, 11) is 0. The number of hydrogen-bond donors (Lipinski definition) is 1. The predicted octanol–water partition coefficient (Wildman–Crippen LogP) is 2.70. The minimum atomic E-state index is 0.723. The number of fused-ring (bicyclic) bond motifs is 1. The topological polar surface area (TPSA) is 29.3 Å². The molecule has 2 N–H and O–H groups in total. The molecule has 98 valence electrons. The molecule has 0 bridgehead atoms. The van der Waals surface area contributed by atoms with Gasteiger partial charge >= 0.3 is 0 Å². The summed E-state index contributed by atoms with van der Waals surface area (Å²) >= 11 is 0. The van der Waals surface area contributed by atoms with Crippen molar-refractivity contribution in [3.8, 4) is 0 Å². The number of nitrogens with two attached hydrogens (primary N) is 1. The van der Waals surface area contributed by atoms with Crippen molar-refractivity contribution in [2.45, 2.75) is 26.1 Å². The van der Waals surface area contributed by atoms with E-state index in [1.165, 1.54) is 22.3 Å². The van der Waals surface area contributed by atoms with Crippen LogP contribution in [0.2, 0.25) is 0 Å². The Morgan fingerprint density at radius 1 is 0.842 bits per heavy atom. The fraction of sp³-hybridized carbons (Fsp3) is 0.294. The van der Waals surface area contributed by atoms with Crippen LogP contribution in [0.3, 0.4) is 0 Å². The van der Waals surface area contributed by atoms with Crippen LogP contribution in [-0.2, 0) is 26.1 Å². The molecule has 3 rings (SSSR count). The Morgan fingerprint density at radius 2 is 1.42 bits per heavy atom. The van der Waals surface area contributed by atoms with Crippen molar-refractivity contribution >= 4 is 0 Å². The van der Waals surface area contributed by atoms with Crippen molar-refractivity contribution in [2.24, 2.45) is 5.73 Å². The molecule has 0 saturated heterocycles. The van der Waals surface area contributed by atoms with E-state index in [0.29, 0.717) is 0 Å². The van der Waals surface area contributed by atoms with Gasteiger partial charge in [0.2, 0.25) is 0 Å². The zero-order chi connectivity index (χ0) is 13.1. The van der Waals surface area contributed by atoms with Crippen molar-refractivity contribution in [3.63, 3.8) is 0 Å². The molecule has 2 aromatic rings. The van der Waals surface area contributed by atoms with E-state index >= 15 is 0 Å². The van der Waals surface area contributed by atoms with Crippen LogP contribution >= 0.6 is 0 Å². The molecule has 0 saturated carbocycles. The molecule has 1 aliphatic rings. The normalized spacial score (nSPS) is 14.6. The molecule has 0 amide bonds. The molecule has 0 atom stereocenters. The largest absolute Gasteiger partial charge is 0.330 e. The number of nitrogens with zero attached hydrogens (tertiary/aromatic N) is 1. The summed E-state index contributed by atoms with van der Waals surface area (Å²) in [5.74, 6) is 0. The highest BCUT2D eigenvalue weighted by Crippen LogP contribution is 2.23. The van der Waals surface area contributed by atoms with Gasteiger partial charge in [-0.25, -0.2) is 0 Å². The van der Waals surface area contributed by atoms with Gasteiger partial charge in [-0.2, -0.15) is 0 Å².